The molecule has 0 aliphatic heterocycles. The maximum Gasteiger partial charge on any atom is 0.434 e. The van der Waals surface area contributed by atoms with E-state index < -0.39 is 4.92 Å². The molecule has 0 bridgehead atoms. The molecule has 0 aliphatic rings. The van der Waals surface area contributed by atoms with Gasteiger partial charge in [0.2, 0.25) is 0 Å². The Kier molecular flexibility index (Phi) is 2.62. The molecule has 1 heterocycles. The van der Waals surface area contributed by atoms with Crippen molar-refractivity contribution in [2.45, 2.75) is 13.0 Å². The third-order valence-electron chi connectivity index (χ3n) is 1.93. The van der Waals surface area contributed by atoms with Crippen LogP contribution in [-0.2, 0) is 11.8 Å². The Morgan fingerprint density at radius 2 is 2.38 bits per heavy atom. The van der Waals surface area contributed by atoms with Crippen LogP contribution in [-0.4, -0.2) is 21.6 Å². The van der Waals surface area contributed by atoms with Crippen molar-refractivity contribution in [3.05, 3.63) is 22.0 Å². The quantitative estimate of drug-likeness (QED) is 0.521. The maximum absolute atomic E-state index is 10.4. The molecule has 0 fully saturated rings. The van der Waals surface area contributed by atoms with Crippen molar-refractivity contribution in [2.24, 2.45) is 7.05 Å². The summed E-state index contributed by atoms with van der Waals surface area (Å²) in [5, 5.41) is 10.4. The second-order valence-corrected chi connectivity index (χ2v) is 2.68. The Labute approximate surface area is 75.3 Å². The van der Waals surface area contributed by atoms with Crippen LogP contribution in [0.4, 0.5) is 5.95 Å². The fourth-order valence-corrected chi connectivity index (χ4v) is 1.08. The second kappa shape index (κ2) is 3.53. The third-order valence-corrected chi connectivity index (χ3v) is 1.93. The van der Waals surface area contributed by atoms with Gasteiger partial charge in [0, 0.05) is 7.11 Å². The summed E-state index contributed by atoms with van der Waals surface area (Å²) in [5.41, 5.74) is 0.689. The van der Waals surface area contributed by atoms with Crippen LogP contribution in [0.3, 0.4) is 0 Å². The monoisotopic (exact) mass is 185 g/mol. The van der Waals surface area contributed by atoms with E-state index >= 15 is 0 Å². The molecular weight excluding hydrogens is 174 g/mol. The summed E-state index contributed by atoms with van der Waals surface area (Å²) >= 11 is 0. The Morgan fingerprint density at radius 1 is 1.77 bits per heavy atom. The lowest BCUT2D eigenvalue weighted by Crippen LogP contribution is -2.05. The summed E-state index contributed by atoms with van der Waals surface area (Å²) < 4.78 is 6.44. The van der Waals surface area contributed by atoms with Crippen molar-refractivity contribution < 1.29 is 9.66 Å². The third kappa shape index (κ3) is 1.67. The summed E-state index contributed by atoms with van der Waals surface area (Å²) in [6.45, 7) is 1.81. The van der Waals surface area contributed by atoms with Gasteiger partial charge in [0.15, 0.2) is 0 Å². The number of imidazole rings is 1. The molecule has 1 atom stereocenters. The minimum atomic E-state index is -0.522. The zero-order valence-corrected chi connectivity index (χ0v) is 7.72. The number of methoxy groups -OCH3 is 1. The van der Waals surface area contributed by atoms with Crippen LogP contribution in [0.25, 0.3) is 0 Å². The number of hydrogen-bond acceptors (Lipinski definition) is 4. The van der Waals surface area contributed by atoms with E-state index in [-0.39, 0.29) is 12.1 Å². The van der Waals surface area contributed by atoms with Gasteiger partial charge < -0.3 is 14.9 Å². The highest BCUT2D eigenvalue weighted by Crippen LogP contribution is 2.19. The SMILES string of the molecule is COC(C)c1cnc([N+](=O)[O-])n1C. The molecule has 0 amide bonds. The first-order valence-corrected chi connectivity index (χ1v) is 3.76. The van der Waals surface area contributed by atoms with Gasteiger partial charge in [-0.15, -0.1) is 0 Å². The van der Waals surface area contributed by atoms with E-state index in [0.717, 1.165) is 0 Å². The van der Waals surface area contributed by atoms with Crippen LogP contribution < -0.4 is 0 Å². The Balaban J connectivity index is 3.06. The standard InChI is InChI=1S/C7H11N3O3/c1-5(13-3)6-4-8-7(9(6)2)10(11)12/h4-5H,1-3H3. The Bertz CT molecular complexity index is 321. The molecule has 0 radical (unpaired) electrons. The van der Waals surface area contributed by atoms with Gasteiger partial charge in [-0.1, -0.05) is 4.98 Å². The first kappa shape index (κ1) is 9.66. The van der Waals surface area contributed by atoms with E-state index in [2.05, 4.69) is 4.98 Å². The first-order chi connectivity index (χ1) is 6.07. The first-order valence-electron chi connectivity index (χ1n) is 3.76. The van der Waals surface area contributed by atoms with Gasteiger partial charge in [-0.3, -0.25) is 0 Å². The molecule has 0 aromatic carbocycles. The molecule has 6 heteroatoms. The predicted octanol–water partition coefficient (Wildman–Crippen LogP) is 1.04. The fourth-order valence-electron chi connectivity index (χ4n) is 1.08. The van der Waals surface area contributed by atoms with Crippen molar-refractivity contribution in [1.82, 2.24) is 9.55 Å². The highest BCUT2D eigenvalue weighted by molar-refractivity contribution is 5.16. The van der Waals surface area contributed by atoms with Crippen molar-refractivity contribution >= 4 is 5.95 Å². The lowest BCUT2D eigenvalue weighted by molar-refractivity contribution is -0.396. The van der Waals surface area contributed by atoms with E-state index in [1.807, 2.05) is 0 Å². The smallest absolute Gasteiger partial charge is 0.390 e. The van der Waals surface area contributed by atoms with Crippen LogP contribution in [0.2, 0.25) is 0 Å². The number of nitrogens with zero attached hydrogens (tertiary/aromatic N) is 3. The molecule has 72 valence electrons. The van der Waals surface area contributed by atoms with Crippen LogP contribution in [0, 0.1) is 10.1 Å². The average molecular weight is 185 g/mol. The van der Waals surface area contributed by atoms with Gasteiger partial charge in [-0.25, -0.2) is 4.57 Å². The van der Waals surface area contributed by atoms with Gasteiger partial charge in [0.05, 0.1) is 7.05 Å². The minimum absolute atomic E-state index is 0.168. The summed E-state index contributed by atoms with van der Waals surface area (Å²) in [5.74, 6) is -0.168. The largest absolute Gasteiger partial charge is 0.434 e. The molecule has 1 rings (SSSR count). The van der Waals surface area contributed by atoms with Gasteiger partial charge in [0.25, 0.3) is 0 Å². The molecule has 0 spiro atoms. The molecule has 13 heavy (non-hydrogen) atoms. The molecule has 0 N–H and O–H groups in total. The fraction of sp³-hybridized carbons (Fsp3) is 0.571. The van der Waals surface area contributed by atoms with Crippen molar-refractivity contribution in [2.75, 3.05) is 7.11 Å². The molecule has 0 aliphatic carbocycles. The topological polar surface area (TPSA) is 70.2 Å². The summed E-state index contributed by atoms with van der Waals surface area (Å²) in [6, 6.07) is 0. The highest BCUT2D eigenvalue weighted by Gasteiger charge is 2.20. The number of aromatic nitrogens is 2. The van der Waals surface area contributed by atoms with Crippen molar-refractivity contribution in [3.8, 4) is 0 Å². The van der Waals surface area contributed by atoms with Crippen LogP contribution >= 0.6 is 0 Å². The number of ether oxygens (including phenoxy) is 1. The normalized spacial score (nSPS) is 12.8. The molecule has 6 nitrogen and oxygen atoms in total. The predicted molar refractivity (Wildman–Crippen MR) is 45.3 cm³/mol. The Morgan fingerprint density at radius 3 is 2.77 bits per heavy atom. The van der Waals surface area contributed by atoms with E-state index in [0.29, 0.717) is 5.69 Å². The zero-order chi connectivity index (χ0) is 10.0. The van der Waals surface area contributed by atoms with E-state index in [4.69, 9.17) is 4.74 Å². The molecule has 1 aromatic rings. The minimum Gasteiger partial charge on any atom is -0.390 e. The summed E-state index contributed by atoms with van der Waals surface area (Å²) in [4.78, 5) is 13.6. The molecule has 1 unspecified atom stereocenters. The maximum atomic E-state index is 10.4. The van der Waals surface area contributed by atoms with Crippen molar-refractivity contribution in [1.29, 1.82) is 0 Å². The van der Waals surface area contributed by atoms with Crippen LogP contribution in [0.15, 0.2) is 6.20 Å². The van der Waals surface area contributed by atoms with Gasteiger partial charge in [-0.05, 0) is 11.8 Å². The van der Waals surface area contributed by atoms with Crippen molar-refractivity contribution in [3.63, 3.8) is 0 Å². The molecule has 0 saturated carbocycles. The van der Waals surface area contributed by atoms with Crippen LogP contribution in [0.1, 0.15) is 18.7 Å². The second-order valence-electron chi connectivity index (χ2n) is 2.68. The van der Waals surface area contributed by atoms with Gasteiger partial charge in [0.1, 0.15) is 18.0 Å². The van der Waals surface area contributed by atoms with E-state index in [1.54, 1.807) is 21.1 Å². The van der Waals surface area contributed by atoms with Crippen LogP contribution in [0.5, 0.6) is 0 Å². The number of rotatable bonds is 3. The summed E-state index contributed by atoms with van der Waals surface area (Å²) in [7, 11) is 3.14. The molecular formula is C7H11N3O3. The number of hydrogen-bond donors (Lipinski definition) is 0. The summed E-state index contributed by atoms with van der Waals surface area (Å²) in [6.07, 6.45) is 1.26. The Hall–Kier alpha value is -1.43. The lowest BCUT2D eigenvalue weighted by atomic mass is 10.3. The number of nitro groups is 1. The zero-order valence-electron chi connectivity index (χ0n) is 7.72. The van der Waals surface area contributed by atoms with Gasteiger partial charge >= 0.3 is 5.95 Å². The highest BCUT2D eigenvalue weighted by atomic mass is 16.6. The van der Waals surface area contributed by atoms with E-state index in [9.17, 15) is 10.1 Å². The van der Waals surface area contributed by atoms with Gasteiger partial charge in [-0.2, -0.15) is 0 Å². The molecule has 1 aromatic heterocycles. The molecule has 0 saturated heterocycles. The van der Waals surface area contributed by atoms with E-state index in [1.165, 1.54) is 10.8 Å². The average Bonchev–Trinajstić information content (AvgIpc) is 2.46. The lowest BCUT2D eigenvalue weighted by Gasteiger charge is -2.06.